The van der Waals surface area contributed by atoms with E-state index in [0.717, 1.165) is 56.9 Å². The zero-order chi connectivity index (χ0) is 30.0. The normalized spacial score (nSPS) is 12.6. The molecule has 0 aromatic heterocycles. The number of aryl methyl sites for hydroxylation is 2. The fraction of sp³-hybridized carbons (Fsp3) is 0.122. The SMILES string of the molecule is Cc1ccc(N(c2ccc(C=Cc3cccc4c(C#N)c(C#N)c5ccccc5c34)cc2)c2cccc3c2CCCC3)cc1. The standard InChI is InChI=1S/C41H31N3/c1-28-16-22-32(23-17-28)44(40-15-7-9-30-8-2-3-11-34(30)40)33-24-19-29(20-25-33)18-21-31-10-6-14-37-39(27-43)38(26-42)35-12-4-5-13-36(35)41(31)37/h4-7,9-10,12-25H,2-3,8,11H2,1H3. The second-order valence-electron chi connectivity index (χ2n) is 11.5. The Labute approximate surface area is 258 Å². The predicted octanol–water partition coefficient (Wildman–Crippen LogP) is 10.6. The van der Waals surface area contributed by atoms with Crippen molar-refractivity contribution in [2.75, 3.05) is 4.90 Å². The van der Waals surface area contributed by atoms with Crippen LogP contribution in [0.4, 0.5) is 17.1 Å². The zero-order valence-electron chi connectivity index (χ0n) is 24.7. The highest BCUT2D eigenvalue weighted by molar-refractivity contribution is 6.16. The maximum atomic E-state index is 10.00. The number of fused-ring (bicyclic) bond motifs is 4. The molecule has 0 N–H and O–H groups in total. The van der Waals surface area contributed by atoms with Gasteiger partial charge in [-0.2, -0.15) is 10.5 Å². The van der Waals surface area contributed by atoms with Crippen molar-refractivity contribution in [2.45, 2.75) is 32.6 Å². The second kappa shape index (κ2) is 11.6. The van der Waals surface area contributed by atoms with Crippen molar-refractivity contribution >= 4 is 50.8 Å². The summed E-state index contributed by atoms with van der Waals surface area (Å²) in [6.45, 7) is 2.13. The van der Waals surface area contributed by atoms with Gasteiger partial charge in [-0.1, -0.05) is 96.6 Å². The molecule has 7 rings (SSSR count). The molecule has 0 saturated heterocycles. The van der Waals surface area contributed by atoms with Gasteiger partial charge in [0.1, 0.15) is 12.1 Å². The molecule has 44 heavy (non-hydrogen) atoms. The fourth-order valence-electron chi connectivity index (χ4n) is 6.65. The summed E-state index contributed by atoms with van der Waals surface area (Å²) in [5.41, 5.74) is 10.7. The van der Waals surface area contributed by atoms with Crippen molar-refractivity contribution in [3.8, 4) is 12.1 Å². The smallest absolute Gasteiger partial charge is 0.101 e. The molecule has 0 amide bonds. The summed E-state index contributed by atoms with van der Waals surface area (Å²) < 4.78 is 0. The Balaban J connectivity index is 1.29. The van der Waals surface area contributed by atoms with Crippen LogP contribution in [0.1, 0.15) is 51.8 Å². The van der Waals surface area contributed by atoms with E-state index >= 15 is 0 Å². The Morgan fingerprint density at radius 2 is 1.25 bits per heavy atom. The molecule has 0 bridgehead atoms. The summed E-state index contributed by atoms with van der Waals surface area (Å²) in [7, 11) is 0. The van der Waals surface area contributed by atoms with Gasteiger partial charge in [0, 0.05) is 27.8 Å². The topological polar surface area (TPSA) is 50.8 Å². The van der Waals surface area contributed by atoms with Gasteiger partial charge in [-0.3, -0.25) is 0 Å². The third-order valence-electron chi connectivity index (χ3n) is 8.82. The van der Waals surface area contributed by atoms with Crippen LogP contribution in [0.3, 0.4) is 0 Å². The highest BCUT2D eigenvalue weighted by atomic mass is 15.1. The number of hydrogen-bond donors (Lipinski definition) is 0. The molecule has 0 unspecified atom stereocenters. The minimum Gasteiger partial charge on any atom is -0.310 e. The lowest BCUT2D eigenvalue weighted by Gasteiger charge is -2.30. The van der Waals surface area contributed by atoms with Gasteiger partial charge >= 0.3 is 0 Å². The second-order valence-corrected chi connectivity index (χ2v) is 11.5. The number of rotatable bonds is 5. The zero-order valence-corrected chi connectivity index (χ0v) is 24.7. The van der Waals surface area contributed by atoms with Gasteiger partial charge in [0.2, 0.25) is 0 Å². The van der Waals surface area contributed by atoms with Crippen LogP contribution < -0.4 is 4.90 Å². The van der Waals surface area contributed by atoms with E-state index in [2.05, 4.69) is 109 Å². The number of benzene rings is 6. The van der Waals surface area contributed by atoms with Crippen LogP contribution in [0.5, 0.6) is 0 Å². The largest absolute Gasteiger partial charge is 0.310 e. The number of anilines is 3. The lowest BCUT2D eigenvalue weighted by molar-refractivity contribution is 0.686. The summed E-state index contributed by atoms with van der Waals surface area (Å²) in [6, 6.07) is 42.7. The first kappa shape index (κ1) is 27.2. The number of hydrogen-bond acceptors (Lipinski definition) is 3. The van der Waals surface area contributed by atoms with Gasteiger partial charge in [-0.25, -0.2) is 0 Å². The summed E-state index contributed by atoms with van der Waals surface area (Å²) in [4.78, 5) is 2.39. The van der Waals surface area contributed by atoms with Crippen molar-refractivity contribution in [3.63, 3.8) is 0 Å². The molecule has 6 aromatic rings. The first-order valence-corrected chi connectivity index (χ1v) is 15.2. The molecular formula is C41H31N3. The minimum atomic E-state index is 0.431. The van der Waals surface area contributed by atoms with Crippen molar-refractivity contribution in [3.05, 3.63) is 148 Å². The molecule has 0 aliphatic heterocycles. The first-order valence-electron chi connectivity index (χ1n) is 15.2. The van der Waals surface area contributed by atoms with Crippen LogP contribution in [0.15, 0.2) is 109 Å². The summed E-state index contributed by atoms with van der Waals surface area (Å²) >= 11 is 0. The van der Waals surface area contributed by atoms with E-state index in [9.17, 15) is 10.5 Å². The van der Waals surface area contributed by atoms with E-state index in [4.69, 9.17) is 0 Å². The van der Waals surface area contributed by atoms with Gasteiger partial charge < -0.3 is 4.90 Å². The third-order valence-corrected chi connectivity index (χ3v) is 8.82. The van der Waals surface area contributed by atoms with Crippen molar-refractivity contribution in [1.29, 1.82) is 10.5 Å². The Morgan fingerprint density at radius 1 is 0.614 bits per heavy atom. The highest BCUT2D eigenvalue weighted by Crippen LogP contribution is 2.40. The molecule has 0 radical (unpaired) electrons. The average molecular weight is 566 g/mol. The maximum Gasteiger partial charge on any atom is 0.101 e. The monoisotopic (exact) mass is 565 g/mol. The highest BCUT2D eigenvalue weighted by Gasteiger charge is 2.20. The summed E-state index contributed by atoms with van der Waals surface area (Å²) in [5.74, 6) is 0. The molecule has 0 heterocycles. The fourth-order valence-corrected chi connectivity index (χ4v) is 6.65. The summed E-state index contributed by atoms with van der Waals surface area (Å²) in [6.07, 6.45) is 8.97. The minimum absolute atomic E-state index is 0.431. The molecule has 1 aliphatic rings. The predicted molar refractivity (Wildman–Crippen MR) is 182 cm³/mol. The quantitative estimate of drug-likeness (QED) is 0.154. The van der Waals surface area contributed by atoms with E-state index in [1.165, 1.54) is 35.2 Å². The van der Waals surface area contributed by atoms with Crippen molar-refractivity contribution in [2.24, 2.45) is 0 Å². The van der Waals surface area contributed by atoms with Crippen LogP contribution in [0.25, 0.3) is 33.7 Å². The number of nitrogens with zero attached hydrogens (tertiary/aromatic N) is 3. The van der Waals surface area contributed by atoms with E-state index in [-0.39, 0.29) is 0 Å². The molecule has 1 aliphatic carbocycles. The van der Waals surface area contributed by atoms with Crippen LogP contribution >= 0.6 is 0 Å². The van der Waals surface area contributed by atoms with Gasteiger partial charge in [0.15, 0.2) is 0 Å². The van der Waals surface area contributed by atoms with E-state index in [1.807, 2.05) is 36.4 Å². The Bertz CT molecular complexity index is 2140. The Morgan fingerprint density at radius 3 is 2.00 bits per heavy atom. The average Bonchev–Trinajstić information content (AvgIpc) is 3.08. The van der Waals surface area contributed by atoms with E-state index in [0.29, 0.717) is 11.1 Å². The van der Waals surface area contributed by atoms with Gasteiger partial charge in [-0.05, 0) is 96.0 Å². The Kier molecular flexibility index (Phi) is 7.15. The van der Waals surface area contributed by atoms with Gasteiger partial charge in [-0.15, -0.1) is 0 Å². The van der Waals surface area contributed by atoms with Crippen LogP contribution in [0.2, 0.25) is 0 Å². The van der Waals surface area contributed by atoms with Gasteiger partial charge in [0.05, 0.1) is 11.1 Å². The molecule has 0 atom stereocenters. The lowest BCUT2D eigenvalue weighted by atomic mass is 9.89. The molecule has 0 fully saturated rings. The molecule has 0 spiro atoms. The van der Waals surface area contributed by atoms with Crippen molar-refractivity contribution in [1.82, 2.24) is 0 Å². The van der Waals surface area contributed by atoms with Crippen molar-refractivity contribution < 1.29 is 0 Å². The first-order chi connectivity index (χ1) is 21.7. The molecule has 3 nitrogen and oxygen atoms in total. The van der Waals surface area contributed by atoms with E-state index < -0.39 is 0 Å². The van der Waals surface area contributed by atoms with Gasteiger partial charge in [0.25, 0.3) is 0 Å². The lowest BCUT2D eigenvalue weighted by Crippen LogP contribution is -2.15. The molecular weight excluding hydrogens is 534 g/mol. The van der Waals surface area contributed by atoms with Crippen LogP contribution in [0, 0.1) is 29.6 Å². The third kappa shape index (κ3) is 4.80. The molecule has 0 saturated carbocycles. The van der Waals surface area contributed by atoms with E-state index in [1.54, 1.807) is 0 Å². The summed E-state index contributed by atoms with van der Waals surface area (Å²) in [5, 5.41) is 23.5. The van der Waals surface area contributed by atoms with Crippen LogP contribution in [-0.2, 0) is 12.8 Å². The molecule has 6 aromatic carbocycles. The molecule has 210 valence electrons. The molecule has 3 heteroatoms. The number of nitriles is 2. The van der Waals surface area contributed by atoms with Crippen LogP contribution in [-0.4, -0.2) is 0 Å². The Hall–Kier alpha value is -5.64. The maximum absolute atomic E-state index is 10.00.